The van der Waals surface area contributed by atoms with Crippen LogP contribution in [0.4, 0.5) is 0 Å². The molecule has 0 saturated carbocycles. The van der Waals surface area contributed by atoms with Gasteiger partial charge in [0.25, 0.3) is 11.8 Å². The number of nitrogens with zero attached hydrogens (tertiary/aromatic N) is 3. The Kier molecular flexibility index (Phi) is 4.45. The van der Waals surface area contributed by atoms with Crippen LogP contribution in [0.25, 0.3) is 0 Å². The number of carbonyl (C=O) groups excluding carboxylic acids is 2. The van der Waals surface area contributed by atoms with Crippen LogP contribution in [0, 0.1) is 6.92 Å². The predicted molar refractivity (Wildman–Crippen MR) is 83.5 cm³/mol. The molecule has 8 heteroatoms. The van der Waals surface area contributed by atoms with Crippen LogP contribution in [0.2, 0.25) is 0 Å². The molecule has 24 heavy (non-hydrogen) atoms. The Hall–Kier alpha value is -2.90. The fourth-order valence-electron chi connectivity index (χ4n) is 2.70. The molecule has 2 amide bonds. The number of aromatic nitrogens is 2. The highest BCUT2D eigenvalue weighted by atomic mass is 16.5. The third-order valence-electron chi connectivity index (χ3n) is 3.93. The lowest BCUT2D eigenvalue weighted by Crippen LogP contribution is -2.44. The lowest BCUT2D eigenvalue weighted by molar-refractivity contribution is 0.0536. The molecule has 1 saturated heterocycles. The molecule has 0 aliphatic carbocycles. The highest BCUT2D eigenvalue weighted by Gasteiger charge is 2.27. The van der Waals surface area contributed by atoms with Crippen molar-refractivity contribution in [3.63, 3.8) is 0 Å². The van der Waals surface area contributed by atoms with Gasteiger partial charge < -0.3 is 19.9 Å². The van der Waals surface area contributed by atoms with Crippen LogP contribution in [0.1, 0.15) is 39.4 Å². The van der Waals surface area contributed by atoms with Gasteiger partial charge in [-0.1, -0.05) is 5.16 Å². The average molecular weight is 330 g/mol. The smallest absolute Gasteiger partial charge is 0.267 e. The molecule has 126 valence electrons. The Morgan fingerprint density at radius 3 is 3.00 bits per heavy atom. The summed E-state index contributed by atoms with van der Waals surface area (Å²) < 4.78 is 10.8. The van der Waals surface area contributed by atoms with Crippen molar-refractivity contribution in [3.05, 3.63) is 41.5 Å². The van der Waals surface area contributed by atoms with Gasteiger partial charge in [0, 0.05) is 18.8 Å². The molecule has 1 unspecified atom stereocenters. The van der Waals surface area contributed by atoms with Crippen molar-refractivity contribution in [1.29, 1.82) is 0 Å². The van der Waals surface area contributed by atoms with Crippen LogP contribution in [-0.2, 0) is 0 Å². The molecule has 1 atom stereocenters. The number of carbonyl (C=O) groups is 2. The van der Waals surface area contributed by atoms with Crippen molar-refractivity contribution >= 4 is 11.8 Å². The number of hydrogen-bond donors (Lipinski definition) is 1. The van der Waals surface area contributed by atoms with Gasteiger partial charge in [0.15, 0.2) is 0 Å². The lowest BCUT2D eigenvalue weighted by atomic mass is 10.1. The topological polar surface area (TPSA) is 112 Å². The van der Waals surface area contributed by atoms with E-state index in [-0.39, 0.29) is 17.7 Å². The van der Waals surface area contributed by atoms with Crippen LogP contribution in [-0.4, -0.2) is 46.0 Å². The molecule has 0 radical (unpaired) electrons. The van der Waals surface area contributed by atoms with Crippen LogP contribution < -0.4 is 10.5 Å². The molecular formula is C16H18N4O4. The quantitative estimate of drug-likeness (QED) is 0.900. The number of hydrogen-bond acceptors (Lipinski definition) is 6. The summed E-state index contributed by atoms with van der Waals surface area (Å²) in [6.07, 6.45) is 4.40. The molecule has 2 N–H and O–H groups in total. The van der Waals surface area contributed by atoms with Crippen LogP contribution in [0.3, 0.4) is 0 Å². The van der Waals surface area contributed by atoms with E-state index in [4.69, 9.17) is 15.0 Å². The fraction of sp³-hybridized carbons (Fsp3) is 0.375. The Bertz CT molecular complexity index is 758. The molecule has 0 spiro atoms. The molecule has 0 aromatic carbocycles. The summed E-state index contributed by atoms with van der Waals surface area (Å²) in [5, 5.41) is 3.65. The maximum absolute atomic E-state index is 12.5. The summed E-state index contributed by atoms with van der Waals surface area (Å²) in [6.45, 7) is 2.82. The second kappa shape index (κ2) is 6.69. The van der Waals surface area contributed by atoms with Crippen molar-refractivity contribution in [1.82, 2.24) is 15.0 Å². The van der Waals surface area contributed by atoms with Crippen LogP contribution in [0.15, 0.2) is 29.0 Å². The predicted octanol–water partition coefficient (Wildman–Crippen LogP) is 1.16. The minimum atomic E-state index is -0.608. The molecule has 2 aromatic rings. The first-order valence-corrected chi connectivity index (χ1v) is 7.67. The number of pyridine rings is 1. The van der Waals surface area contributed by atoms with Crippen molar-refractivity contribution in [2.24, 2.45) is 5.73 Å². The van der Waals surface area contributed by atoms with E-state index in [0.717, 1.165) is 12.8 Å². The SMILES string of the molecule is Cc1oncc1C(=O)N1CCCC(Oc2ccnc(C(N)=O)c2)C1. The Morgan fingerprint density at radius 2 is 2.29 bits per heavy atom. The number of nitrogens with two attached hydrogens (primary N) is 1. The normalized spacial score (nSPS) is 17.5. The zero-order chi connectivity index (χ0) is 17.1. The van der Waals surface area contributed by atoms with Gasteiger partial charge in [0.2, 0.25) is 0 Å². The first-order valence-electron chi connectivity index (χ1n) is 7.67. The van der Waals surface area contributed by atoms with Gasteiger partial charge in [0.05, 0.1) is 12.7 Å². The van der Waals surface area contributed by atoms with Gasteiger partial charge in [0.1, 0.15) is 28.9 Å². The summed E-state index contributed by atoms with van der Waals surface area (Å²) in [7, 11) is 0. The summed E-state index contributed by atoms with van der Waals surface area (Å²) in [4.78, 5) is 29.3. The molecule has 2 aromatic heterocycles. The molecule has 3 rings (SSSR count). The van der Waals surface area contributed by atoms with Crippen LogP contribution >= 0.6 is 0 Å². The molecule has 1 fully saturated rings. The van der Waals surface area contributed by atoms with Gasteiger partial charge in [-0.2, -0.15) is 0 Å². The Morgan fingerprint density at radius 1 is 1.46 bits per heavy atom. The zero-order valence-electron chi connectivity index (χ0n) is 13.3. The number of piperidine rings is 1. The Balaban J connectivity index is 1.68. The second-order valence-electron chi connectivity index (χ2n) is 5.67. The van der Waals surface area contributed by atoms with Crippen molar-refractivity contribution in [2.75, 3.05) is 13.1 Å². The van der Waals surface area contributed by atoms with E-state index in [0.29, 0.717) is 30.2 Å². The van der Waals surface area contributed by atoms with Crippen molar-refractivity contribution in [3.8, 4) is 5.75 Å². The van der Waals surface area contributed by atoms with E-state index < -0.39 is 5.91 Å². The lowest BCUT2D eigenvalue weighted by Gasteiger charge is -2.32. The molecule has 3 heterocycles. The van der Waals surface area contributed by atoms with Gasteiger partial charge in [-0.3, -0.25) is 14.6 Å². The number of ether oxygens (including phenoxy) is 1. The number of rotatable bonds is 4. The largest absolute Gasteiger partial charge is 0.488 e. The minimum absolute atomic E-state index is 0.116. The summed E-state index contributed by atoms with van der Waals surface area (Å²) >= 11 is 0. The highest BCUT2D eigenvalue weighted by molar-refractivity contribution is 5.94. The van der Waals surface area contributed by atoms with Gasteiger partial charge >= 0.3 is 0 Å². The standard InChI is InChI=1S/C16H18N4O4/c1-10-13(8-19-24-10)16(22)20-6-2-3-12(9-20)23-11-4-5-18-14(7-11)15(17)21/h4-5,7-8,12H,2-3,6,9H2,1H3,(H2,17,21). The first-order chi connectivity index (χ1) is 11.5. The van der Waals surface area contributed by atoms with Gasteiger partial charge in [-0.05, 0) is 25.8 Å². The first kappa shape index (κ1) is 16.0. The van der Waals surface area contributed by atoms with E-state index in [2.05, 4.69) is 10.1 Å². The fourth-order valence-corrected chi connectivity index (χ4v) is 2.70. The monoisotopic (exact) mass is 330 g/mol. The number of primary amides is 1. The third-order valence-corrected chi connectivity index (χ3v) is 3.93. The van der Waals surface area contributed by atoms with E-state index in [1.807, 2.05) is 0 Å². The summed E-state index contributed by atoms with van der Waals surface area (Å²) in [5.74, 6) is 0.293. The Labute approximate surface area is 138 Å². The second-order valence-corrected chi connectivity index (χ2v) is 5.67. The van der Waals surface area contributed by atoms with Gasteiger partial charge in [-0.25, -0.2) is 0 Å². The zero-order valence-corrected chi connectivity index (χ0v) is 13.3. The number of amides is 2. The molecular weight excluding hydrogens is 312 g/mol. The maximum Gasteiger partial charge on any atom is 0.267 e. The minimum Gasteiger partial charge on any atom is -0.488 e. The molecule has 0 bridgehead atoms. The van der Waals surface area contributed by atoms with E-state index in [9.17, 15) is 9.59 Å². The van der Waals surface area contributed by atoms with E-state index in [1.54, 1.807) is 17.9 Å². The molecule has 1 aliphatic rings. The summed E-state index contributed by atoms with van der Waals surface area (Å²) in [6, 6.07) is 3.17. The van der Waals surface area contributed by atoms with Crippen molar-refractivity contribution in [2.45, 2.75) is 25.9 Å². The maximum atomic E-state index is 12.5. The number of aryl methyl sites for hydroxylation is 1. The van der Waals surface area contributed by atoms with Gasteiger partial charge in [-0.15, -0.1) is 0 Å². The number of likely N-dealkylation sites (tertiary alicyclic amines) is 1. The highest BCUT2D eigenvalue weighted by Crippen LogP contribution is 2.21. The molecule has 8 nitrogen and oxygen atoms in total. The van der Waals surface area contributed by atoms with E-state index in [1.165, 1.54) is 18.5 Å². The summed E-state index contributed by atoms with van der Waals surface area (Å²) in [5.41, 5.74) is 5.84. The van der Waals surface area contributed by atoms with E-state index >= 15 is 0 Å². The average Bonchev–Trinajstić information content (AvgIpc) is 3.00. The molecule has 1 aliphatic heterocycles. The third kappa shape index (κ3) is 3.37. The van der Waals surface area contributed by atoms with Crippen LogP contribution in [0.5, 0.6) is 5.75 Å². The van der Waals surface area contributed by atoms with Crippen molar-refractivity contribution < 1.29 is 18.8 Å².